The Morgan fingerprint density at radius 1 is 1.47 bits per heavy atom. The number of carbonyl (C=O) groups is 1. The molecule has 104 valence electrons. The van der Waals surface area contributed by atoms with Crippen molar-refractivity contribution >= 4 is 29.1 Å². The monoisotopic (exact) mass is 304 g/mol. The van der Waals surface area contributed by atoms with E-state index in [0.717, 1.165) is 5.56 Å². The summed E-state index contributed by atoms with van der Waals surface area (Å²) in [7, 11) is 0. The third-order valence-corrected chi connectivity index (χ3v) is 4.15. The average Bonchev–Trinajstić information content (AvgIpc) is 2.70. The van der Waals surface area contributed by atoms with Crippen molar-refractivity contribution < 1.29 is 9.18 Å². The van der Waals surface area contributed by atoms with E-state index in [9.17, 15) is 9.18 Å². The number of pyridine rings is 1. The van der Waals surface area contributed by atoms with E-state index in [-0.39, 0.29) is 11.8 Å². The van der Waals surface area contributed by atoms with E-state index in [1.165, 1.54) is 19.3 Å². The minimum absolute atomic E-state index is 0.0206. The number of nitrogens with zero attached hydrogens (tertiary/aromatic N) is 1. The van der Waals surface area contributed by atoms with Gasteiger partial charge in [-0.15, -0.1) is 0 Å². The molecule has 3 nitrogen and oxygen atoms in total. The van der Waals surface area contributed by atoms with Crippen LogP contribution < -0.4 is 5.32 Å². The predicted molar refractivity (Wildman–Crippen MR) is 73.2 cm³/mol. The van der Waals surface area contributed by atoms with E-state index in [4.69, 9.17) is 23.2 Å². The second-order valence-corrected chi connectivity index (χ2v) is 5.67. The molecule has 1 aliphatic rings. The number of nitrogens with one attached hydrogen (secondary N) is 1. The van der Waals surface area contributed by atoms with Crippen molar-refractivity contribution in [1.29, 1.82) is 0 Å². The summed E-state index contributed by atoms with van der Waals surface area (Å²) in [6.45, 7) is 1.47. The van der Waals surface area contributed by atoms with Gasteiger partial charge in [0, 0.05) is 18.8 Å². The van der Waals surface area contributed by atoms with Crippen molar-refractivity contribution in [2.24, 2.45) is 5.92 Å². The van der Waals surface area contributed by atoms with Crippen LogP contribution >= 0.6 is 23.2 Å². The van der Waals surface area contributed by atoms with Gasteiger partial charge in [-0.2, -0.15) is 0 Å². The number of hydrogen-bond donors (Lipinski definition) is 1. The lowest BCUT2D eigenvalue weighted by molar-refractivity contribution is -0.119. The Morgan fingerprint density at radius 3 is 2.68 bits per heavy atom. The van der Waals surface area contributed by atoms with Gasteiger partial charge >= 0.3 is 0 Å². The van der Waals surface area contributed by atoms with E-state index in [0.29, 0.717) is 29.3 Å². The Morgan fingerprint density at radius 2 is 2.11 bits per heavy atom. The van der Waals surface area contributed by atoms with Crippen molar-refractivity contribution in [3.8, 4) is 0 Å². The third kappa shape index (κ3) is 3.37. The lowest BCUT2D eigenvalue weighted by Crippen LogP contribution is -2.36. The van der Waals surface area contributed by atoms with Crippen LogP contribution in [0.2, 0.25) is 10.0 Å². The number of amides is 1. The molecule has 1 aromatic rings. The van der Waals surface area contributed by atoms with Crippen LogP contribution in [0.4, 0.5) is 4.39 Å². The van der Waals surface area contributed by atoms with E-state index in [1.54, 1.807) is 0 Å². The van der Waals surface area contributed by atoms with Crippen molar-refractivity contribution in [2.75, 3.05) is 0 Å². The second kappa shape index (κ2) is 6.06. The van der Waals surface area contributed by atoms with Gasteiger partial charge in [0.15, 0.2) is 0 Å². The molecule has 0 bridgehead atoms. The van der Waals surface area contributed by atoms with Gasteiger partial charge in [0.2, 0.25) is 5.91 Å². The Balaban J connectivity index is 2.04. The fourth-order valence-electron chi connectivity index (χ4n) is 2.51. The molecule has 1 aliphatic heterocycles. The standard InChI is InChI=1S/C13H15Cl2FN2O/c1-7(16)13-8(4-12(19)18-13)2-3-9-10(14)5-17-6-11(9)15/h5-8,13H,2-4H2,1H3,(H,18,19). The van der Waals surface area contributed by atoms with Gasteiger partial charge in [-0.25, -0.2) is 4.39 Å². The molecule has 0 saturated carbocycles. The molecule has 0 radical (unpaired) electrons. The first-order chi connectivity index (χ1) is 8.99. The Bertz CT molecular complexity index is 461. The summed E-state index contributed by atoms with van der Waals surface area (Å²) in [6, 6.07) is -0.410. The molecule has 1 aromatic heterocycles. The molecule has 3 atom stereocenters. The Labute approximate surface area is 121 Å². The number of hydrogen-bond acceptors (Lipinski definition) is 2. The Hall–Kier alpha value is -0.870. The number of halogens is 3. The first-order valence-electron chi connectivity index (χ1n) is 6.20. The first kappa shape index (κ1) is 14.5. The number of aromatic nitrogens is 1. The molecule has 1 saturated heterocycles. The number of alkyl halides is 1. The van der Waals surface area contributed by atoms with Crippen molar-refractivity contribution in [1.82, 2.24) is 10.3 Å². The number of carbonyl (C=O) groups excluding carboxylic acids is 1. The molecule has 6 heteroatoms. The van der Waals surface area contributed by atoms with Crippen LogP contribution in [0, 0.1) is 5.92 Å². The Kier molecular flexibility index (Phi) is 4.63. The maximum atomic E-state index is 13.4. The van der Waals surface area contributed by atoms with Gasteiger partial charge in [-0.1, -0.05) is 23.2 Å². The van der Waals surface area contributed by atoms with Crippen LogP contribution in [0.25, 0.3) is 0 Å². The summed E-state index contributed by atoms with van der Waals surface area (Å²) in [4.78, 5) is 15.3. The van der Waals surface area contributed by atoms with Gasteiger partial charge in [-0.3, -0.25) is 9.78 Å². The maximum Gasteiger partial charge on any atom is 0.220 e. The minimum Gasteiger partial charge on any atom is -0.350 e. The quantitative estimate of drug-likeness (QED) is 0.928. The average molecular weight is 305 g/mol. The largest absolute Gasteiger partial charge is 0.350 e. The van der Waals surface area contributed by atoms with Crippen molar-refractivity contribution in [3.05, 3.63) is 28.0 Å². The van der Waals surface area contributed by atoms with Gasteiger partial charge in [-0.05, 0) is 31.2 Å². The highest BCUT2D eigenvalue weighted by Gasteiger charge is 2.35. The maximum absolute atomic E-state index is 13.4. The summed E-state index contributed by atoms with van der Waals surface area (Å²) in [5, 5.41) is 3.69. The van der Waals surface area contributed by atoms with Gasteiger partial charge in [0.25, 0.3) is 0 Å². The highest BCUT2D eigenvalue weighted by atomic mass is 35.5. The highest BCUT2D eigenvalue weighted by molar-refractivity contribution is 6.35. The molecule has 1 N–H and O–H groups in total. The van der Waals surface area contributed by atoms with Gasteiger partial charge in [0.05, 0.1) is 16.1 Å². The molecule has 19 heavy (non-hydrogen) atoms. The summed E-state index contributed by atoms with van der Waals surface area (Å²) in [6.07, 6.45) is 3.66. The van der Waals surface area contributed by atoms with Crippen LogP contribution in [0.3, 0.4) is 0 Å². The van der Waals surface area contributed by atoms with Crippen molar-refractivity contribution in [3.63, 3.8) is 0 Å². The van der Waals surface area contributed by atoms with E-state index in [1.807, 2.05) is 0 Å². The summed E-state index contributed by atoms with van der Waals surface area (Å²) in [5.41, 5.74) is 0.808. The van der Waals surface area contributed by atoms with Crippen LogP contribution in [0.5, 0.6) is 0 Å². The van der Waals surface area contributed by atoms with E-state index >= 15 is 0 Å². The molecule has 0 spiro atoms. The van der Waals surface area contributed by atoms with E-state index < -0.39 is 12.2 Å². The SMILES string of the molecule is CC(F)C1NC(=O)CC1CCc1c(Cl)cncc1Cl. The fraction of sp³-hybridized carbons (Fsp3) is 0.538. The summed E-state index contributed by atoms with van der Waals surface area (Å²) in [5.74, 6) is -0.112. The number of rotatable bonds is 4. The highest BCUT2D eigenvalue weighted by Crippen LogP contribution is 2.30. The van der Waals surface area contributed by atoms with Crippen LogP contribution in [-0.2, 0) is 11.2 Å². The minimum atomic E-state index is -1.06. The second-order valence-electron chi connectivity index (χ2n) is 4.86. The summed E-state index contributed by atoms with van der Waals surface area (Å²) >= 11 is 12.1. The smallest absolute Gasteiger partial charge is 0.220 e. The third-order valence-electron chi connectivity index (χ3n) is 3.50. The molecular formula is C13H15Cl2FN2O. The topological polar surface area (TPSA) is 42.0 Å². The van der Waals surface area contributed by atoms with Crippen LogP contribution in [0.1, 0.15) is 25.3 Å². The molecule has 2 heterocycles. The first-order valence-corrected chi connectivity index (χ1v) is 6.96. The molecule has 2 rings (SSSR count). The van der Waals surface area contributed by atoms with Gasteiger partial charge < -0.3 is 5.32 Å². The zero-order chi connectivity index (χ0) is 14.0. The van der Waals surface area contributed by atoms with E-state index in [2.05, 4.69) is 10.3 Å². The lowest BCUT2D eigenvalue weighted by Gasteiger charge is -2.20. The predicted octanol–water partition coefficient (Wildman–Crippen LogP) is 3.18. The molecule has 1 amide bonds. The van der Waals surface area contributed by atoms with Crippen LogP contribution in [0.15, 0.2) is 12.4 Å². The summed E-state index contributed by atoms with van der Waals surface area (Å²) < 4.78 is 13.4. The molecule has 0 aliphatic carbocycles. The zero-order valence-corrected chi connectivity index (χ0v) is 12.0. The van der Waals surface area contributed by atoms with Crippen molar-refractivity contribution in [2.45, 2.75) is 38.4 Å². The molecule has 1 fully saturated rings. The molecule has 0 aromatic carbocycles. The zero-order valence-electron chi connectivity index (χ0n) is 10.5. The lowest BCUT2D eigenvalue weighted by atomic mass is 9.91. The molecular weight excluding hydrogens is 290 g/mol. The normalized spacial score (nSPS) is 24.3. The van der Waals surface area contributed by atoms with Gasteiger partial charge in [0.1, 0.15) is 6.17 Å². The molecule has 3 unspecified atom stereocenters. The van der Waals surface area contributed by atoms with Crippen LogP contribution in [-0.4, -0.2) is 23.1 Å². The fourth-order valence-corrected chi connectivity index (χ4v) is 3.06.